The molecule has 0 aromatic heterocycles. The second-order valence-electron chi connectivity index (χ2n) is 10.3. The third-order valence-electron chi connectivity index (χ3n) is 8.92. The van der Waals surface area contributed by atoms with E-state index >= 15 is 0 Å². The van der Waals surface area contributed by atoms with Crippen LogP contribution in [0.4, 0.5) is 10.5 Å². The molecule has 174 valence electrons. The number of non-ortho nitro benzene ring substituents is 1. The van der Waals surface area contributed by atoms with E-state index in [-0.39, 0.29) is 28.4 Å². The van der Waals surface area contributed by atoms with Crippen LogP contribution in [0.25, 0.3) is 0 Å². The van der Waals surface area contributed by atoms with E-state index in [1.165, 1.54) is 41.8 Å². The highest BCUT2D eigenvalue weighted by Crippen LogP contribution is 2.80. The van der Waals surface area contributed by atoms with Gasteiger partial charge >= 0.3 is 6.16 Å². The van der Waals surface area contributed by atoms with Crippen LogP contribution in [0.1, 0.15) is 36.8 Å². The average molecular weight is 461 g/mol. The summed E-state index contributed by atoms with van der Waals surface area (Å²) in [6, 6.07) is 9.50. The molecule has 0 amide bonds. The standard InChI is InChI=1S/C26H23NO7/c1-25-12-17(25)16-11-26-20(25)10-9-19(23(26)34-22-18(31-2)8-7-15(16)21(22)26)33-24(28)32-14-5-3-13(4-6-14)27(29)30/h3-10,16-17,19-20,23H,11-12H2,1-2H3/t16?,17?,19-,20-,23-,25?,26-/m0/s1. The van der Waals surface area contributed by atoms with Crippen LogP contribution in [0.3, 0.4) is 0 Å². The first-order valence-electron chi connectivity index (χ1n) is 11.6. The molecule has 1 fully saturated rings. The molecule has 8 heteroatoms. The zero-order chi connectivity index (χ0) is 23.4. The van der Waals surface area contributed by atoms with Gasteiger partial charge in [-0.25, -0.2) is 4.79 Å². The SMILES string of the molecule is COc1ccc2c3c1O[C@H]1[C@@H](OC(=O)Oc4ccc([N+](=O)[O-])cc4)C=C[C@H]4C5(C)CC5C2C[C@]314. The van der Waals surface area contributed by atoms with E-state index in [9.17, 15) is 14.9 Å². The Bertz CT molecular complexity index is 1290. The maximum atomic E-state index is 12.7. The van der Waals surface area contributed by atoms with E-state index in [2.05, 4.69) is 19.1 Å². The van der Waals surface area contributed by atoms with Gasteiger partial charge in [-0.1, -0.05) is 19.1 Å². The van der Waals surface area contributed by atoms with Gasteiger partial charge in [-0.15, -0.1) is 0 Å². The Morgan fingerprint density at radius 2 is 1.94 bits per heavy atom. The number of hydrogen-bond donors (Lipinski definition) is 0. The molecule has 1 spiro atoms. The zero-order valence-electron chi connectivity index (χ0n) is 18.7. The number of nitrogens with zero attached hydrogens (tertiary/aromatic N) is 1. The van der Waals surface area contributed by atoms with Crippen LogP contribution in [-0.4, -0.2) is 30.4 Å². The number of allylic oxidation sites excluding steroid dienone is 1. The van der Waals surface area contributed by atoms with Crippen molar-refractivity contribution in [3.8, 4) is 17.2 Å². The maximum Gasteiger partial charge on any atom is 0.514 e. The topological polar surface area (TPSA) is 97.1 Å². The molecule has 1 aliphatic heterocycles. The third kappa shape index (κ3) is 2.30. The normalized spacial score (nSPS) is 36.7. The number of carbonyl (C=O) groups excluding carboxylic acids is 1. The number of nitro groups is 1. The predicted molar refractivity (Wildman–Crippen MR) is 119 cm³/mol. The number of ether oxygens (including phenoxy) is 4. The number of nitro benzene ring substituents is 1. The van der Waals surface area contributed by atoms with Gasteiger partial charge in [0, 0.05) is 23.1 Å². The molecule has 8 nitrogen and oxygen atoms in total. The van der Waals surface area contributed by atoms with Crippen LogP contribution in [0, 0.1) is 27.4 Å². The van der Waals surface area contributed by atoms with Crippen molar-refractivity contribution in [1.29, 1.82) is 0 Å². The molecule has 0 radical (unpaired) electrons. The van der Waals surface area contributed by atoms with Crippen LogP contribution >= 0.6 is 0 Å². The Morgan fingerprint density at radius 3 is 2.68 bits per heavy atom. The smallest absolute Gasteiger partial charge is 0.493 e. The zero-order valence-corrected chi connectivity index (χ0v) is 18.7. The predicted octanol–water partition coefficient (Wildman–Crippen LogP) is 4.90. The van der Waals surface area contributed by atoms with Gasteiger partial charge in [0.2, 0.25) is 0 Å². The summed E-state index contributed by atoms with van der Waals surface area (Å²) in [4.78, 5) is 23.0. The fraction of sp³-hybridized carbons (Fsp3) is 0.423. The molecule has 0 N–H and O–H groups in total. The molecule has 3 unspecified atom stereocenters. The number of rotatable bonds is 4. The van der Waals surface area contributed by atoms with Crippen molar-refractivity contribution in [3.63, 3.8) is 0 Å². The van der Waals surface area contributed by atoms with Gasteiger partial charge in [-0.05, 0) is 65.8 Å². The van der Waals surface area contributed by atoms with Crippen molar-refractivity contribution in [3.05, 3.63) is 69.8 Å². The van der Waals surface area contributed by atoms with Gasteiger partial charge < -0.3 is 18.9 Å². The van der Waals surface area contributed by atoms with Crippen molar-refractivity contribution in [2.24, 2.45) is 17.3 Å². The fourth-order valence-electron chi connectivity index (χ4n) is 7.53. The molecule has 2 aromatic carbocycles. The Labute approximate surface area is 195 Å². The molecule has 2 bridgehead atoms. The monoisotopic (exact) mass is 461 g/mol. The molecule has 34 heavy (non-hydrogen) atoms. The van der Waals surface area contributed by atoms with Crippen LogP contribution < -0.4 is 14.2 Å². The molecule has 7 atom stereocenters. The number of hydrogen-bond acceptors (Lipinski definition) is 7. The van der Waals surface area contributed by atoms with Crippen LogP contribution in [0.15, 0.2) is 48.6 Å². The van der Waals surface area contributed by atoms with E-state index in [0.29, 0.717) is 23.5 Å². The van der Waals surface area contributed by atoms with E-state index in [1.54, 1.807) is 7.11 Å². The lowest BCUT2D eigenvalue weighted by Gasteiger charge is -2.48. The van der Waals surface area contributed by atoms with Crippen LogP contribution in [0.2, 0.25) is 0 Å². The minimum atomic E-state index is -0.869. The maximum absolute atomic E-state index is 12.7. The molecule has 5 aliphatic rings. The molecule has 1 heterocycles. The second-order valence-corrected chi connectivity index (χ2v) is 10.3. The molecular weight excluding hydrogens is 438 g/mol. The Hall–Kier alpha value is -3.55. The Balaban J connectivity index is 1.22. The van der Waals surface area contributed by atoms with Gasteiger partial charge in [-0.2, -0.15) is 0 Å². The summed E-state index contributed by atoms with van der Waals surface area (Å²) in [5.41, 5.74) is 2.49. The lowest BCUT2D eigenvalue weighted by atomic mass is 9.56. The summed E-state index contributed by atoms with van der Waals surface area (Å²) in [5.74, 6) is 3.14. The average Bonchev–Trinajstić information content (AvgIpc) is 3.27. The van der Waals surface area contributed by atoms with Crippen LogP contribution in [0.5, 0.6) is 17.2 Å². The van der Waals surface area contributed by atoms with Crippen molar-refractivity contribution in [1.82, 2.24) is 0 Å². The summed E-state index contributed by atoms with van der Waals surface area (Å²) in [5, 5.41) is 10.9. The molecule has 1 saturated carbocycles. The molecule has 2 aromatic rings. The first-order chi connectivity index (χ1) is 16.4. The number of carbonyl (C=O) groups is 1. The minimum Gasteiger partial charge on any atom is -0.493 e. The minimum absolute atomic E-state index is 0.0806. The highest BCUT2D eigenvalue weighted by Gasteiger charge is 2.77. The number of fused-ring (bicyclic) bond motifs is 3. The molecule has 7 rings (SSSR count). The molecular formula is C26H23NO7. The second kappa shape index (κ2) is 6.31. The summed E-state index contributed by atoms with van der Waals surface area (Å²) in [6.45, 7) is 2.38. The first kappa shape index (κ1) is 19.9. The largest absolute Gasteiger partial charge is 0.514 e. The lowest BCUT2D eigenvalue weighted by Crippen LogP contribution is -2.56. The summed E-state index contributed by atoms with van der Waals surface area (Å²) in [7, 11) is 1.65. The molecule has 4 aliphatic carbocycles. The van der Waals surface area contributed by atoms with Gasteiger partial charge in [0.15, 0.2) is 17.6 Å². The van der Waals surface area contributed by atoms with E-state index in [1.807, 2.05) is 12.1 Å². The van der Waals surface area contributed by atoms with Gasteiger partial charge in [0.1, 0.15) is 11.9 Å². The number of benzene rings is 2. The Kier molecular flexibility index (Phi) is 3.69. The lowest BCUT2D eigenvalue weighted by molar-refractivity contribution is -0.384. The fourth-order valence-corrected chi connectivity index (χ4v) is 7.53. The van der Waals surface area contributed by atoms with Crippen molar-refractivity contribution >= 4 is 11.8 Å². The van der Waals surface area contributed by atoms with E-state index in [0.717, 1.165) is 12.2 Å². The van der Waals surface area contributed by atoms with E-state index < -0.39 is 17.2 Å². The highest BCUT2D eigenvalue weighted by atomic mass is 16.7. The third-order valence-corrected chi connectivity index (χ3v) is 8.92. The van der Waals surface area contributed by atoms with Gasteiger partial charge in [0.25, 0.3) is 5.69 Å². The summed E-state index contributed by atoms with van der Waals surface area (Å²) in [6.07, 6.45) is 4.50. The quantitative estimate of drug-likeness (QED) is 0.210. The van der Waals surface area contributed by atoms with Crippen molar-refractivity contribution < 1.29 is 28.7 Å². The highest BCUT2D eigenvalue weighted by molar-refractivity contribution is 5.68. The summed E-state index contributed by atoms with van der Waals surface area (Å²) >= 11 is 0. The first-order valence-corrected chi connectivity index (χ1v) is 11.6. The van der Waals surface area contributed by atoms with Crippen molar-refractivity contribution in [2.75, 3.05) is 7.11 Å². The van der Waals surface area contributed by atoms with E-state index in [4.69, 9.17) is 18.9 Å². The number of methoxy groups -OCH3 is 1. The Morgan fingerprint density at radius 1 is 1.15 bits per heavy atom. The summed E-state index contributed by atoms with van der Waals surface area (Å²) < 4.78 is 23.3. The van der Waals surface area contributed by atoms with Crippen LogP contribution in [-0.2, 0) is 10.2 Å². The van der Waals surface area contributed by atoms with Gasteiger partial charge in [-0.3, -0.25) is 10.1 Å². The van der Waals surface area contributed by atoms with Crippen molar-refractivity contribution in [2.45, 2.75) is 43.3 Å². The molecule has 0 saturated heterocycles. The van der Waals surface area contributed by atoms with Gasteiger partial charge in [0.05, 0.1) is 12.0 Å².